The van der Waals surface area contributed by atoms with Crippen LogP contribution in [-0.2, 0) is 0 Å². The zero-order valence-electron chi connectivity index (χ0n) is 15.2. The van der Waals surface area contributed by atoms with Crippen molar-refractivity contribution in [1.82, 2.24) is 10.2 Å². The first-order valence-corrected chi connectivity index (χ1v) is 10.1. The Labute approximate surface area is 167 Å². The molecular formula is C19H21ClN4O2S. The second-order valence-corrected chi connectivity index (χ2v) is 8.75. The van der Waals surface area contributed by atoms with Crippen LogP contribution in [0.3, 0.4) is 0 Å². The second-order valence-electron chi connectivity index (χ2n) is 7.04. The fourth-order valence-electron chi connectivity index (χ4n) is 3.73. The van der Waals surface area contributed by atoms with E-state index in [4.69, 9.17) is 11.6 Å². The highest BCUT2D eigenvalue weighted by Crippen LogP contribution is 2.32. The molecule has 0 aliphatic carbocycles. The molecule has 142 valence electrons. The summed E-state index contributed by atoms with van der Waals surface area (Å²) < 4.78 is 0.594. The Balaban J connectivity index is 1.47. The molecule has 0 bridgehead atoms. The zero-order valence-corrected chi connectivity index (χ0v) is 16.8. The number of halogens is 1. The molecule has 0 saturated carbocycles. The molecule has 0 unspecified atom stereocenters. The largest absolute Gasteiger partial charge is 0.378 e. The maximum Gasteiger partial charge on any atom is 0.324 e. The average molecular weight is 405 g/mol. The van der Waals surface area contributed by atoms with Crippen LogP contribution < -0.4 is 15.1 Å². The number of urea groups is 1. The lowest BCUT2D eigenvalue weighted by molar-refractivity contribution is 0.0935. The van der Waals surface area contributed by atoms with Crippen molar-refractivity contribution in [1.29, 1.82) is 0 Å². The molecular weight excluding hydrogens is 384 g/mol. The summed E-state index contributed by atoms with van der Waals surface area (Å²) in [6.07, 6.45) is 0.772. The van der Waals surface area contributed by atoms with Gasteiger partial charge in [-0.2, -0.15) is 0 Å². The Morgan fingerprint density at radius 1 is 1.22 bits per heavy atom. The highest BCUT2D eigenvalue weighted by molar-refractivity contribution is 7.18. The number of thiophene rings is 1. The van der Waals surface area contributed by atoms with E-state index < -0.39 is 0 Å². The number of fused-ring (bicyclic) bond motifs is 1. The lowest BCUT2D eigenvalue weighted by Crippen LogP contribution is -2.44. The lowest BCUT2D eigenvalue weighted by atomic mass is 10.1. The van der Waals surface area contributed by atoms with E-state index in [1.807, 2.05) is 48.2 Å². The molecule has 3 heterocycles. The van der Waals surface area contributed by atoms with E-state index in [-0.39, 0.29) is 24.0 Å². The SMILES string of the molecule is CN(C)c1ccc(N2C[C@@H]3[C@H](NC(=O)c4ccc(Cl)s4)CCN3C2=O)cc1. The van der Waals surface area contributed by atoms with Gasteiger partial charge in [-0.3, -0.25) is 9.69 Å². The molecule has 0 spiro atoms. The number of anilines is 2. The molecule has 0 radical (unpaired) electrons. The molecule has 2 fully saturated rings. The van der Waals surface area contributed by atoms with Crippen molar-refractivity contribution in [3.05, 3.63) is 45.6 Å². The lowest BCUT2D eigenvalue weighted by Gasteiger charge is -2.20. The summed E-state index contributed by atoms with van der Waals surface area (Å²) in [7, 11) is 3.97. The Hall–Kier alpha value is -2.25. The number of carbonyl (C=O) groups is 2. The topological polar surface area (TPSA) is 55.9 Å². The molecule has 2 aromatic rings. The summed E-state index contributed by atoms with van der Waals surface area (Å²) in [5, 5.41) is 3.08. The monoisotopic (exact) mass is 404 g/mol. The molecule has 2 atom stereocenters. The fourth-order valence-corrected chi connectivity index (χ4v) is 4.67. The minimum atomic E-state index is -0.125. The molecule has 6 nitrogen and oxygen atoms in total. The van der Waals surface area contributed by atoms with E-state index in [0.717, 1.165) is 17.8 Å². The van der Waals surface area contributed by atoms with Gasteiger partial charge in [0.25, 0.3) is 5.91 Å². The predicted molar refractivity (Wildman–Crippen MR) is 109 cm³/mol. The minimum absolute atomic E-state index is 0.00789. The van der Waals surface area contributed by atoms with Crippen LogP contribution in [0.5, 0.6) is 0 Å². The van der Waals surface area contributed by atoms with E-state index >= 15 is 0 Å². The van der Waals surface area contributed by atoms with E-state index in [1.54, 1.807) is 17.0 Å². The van der Waals surface area contributed by atoms with Gasteiger partial charge in [-0.05, 0) is 42.8 Å². The maximum absolute atomic E-state index is 12.8. The smallest absolute Gasteiger partial charge is 0.324 e. The Kier molecular flexibility index (Phi) is 4.74. The third-order valence-corrected chi connectivity index (χ3v) is 6.41. The molecule has 2 aliphatic heterocycles. The van der Waals surface area contributed by atoms with Crippen molar-refractivity contribution < 1.29 is 9.59 Å². The number of carbonyl (C=O) groups excluding carboxylic acids is 2. The first-order valence-electron chi connectivity index (χ1n) is 8.86. The van der Waals surface area contributed by atoms with Crippen LogP contribution in [0.4, 0.5) is 16.2 Å². The molecule has 3 amide bonds. The molecule has 2 saturated heterocycles. The molecule has 1 N–H and O–H groups in total. The molecule has 1 aromatic carbocycles. The standard InChI is InChI=1S/C19H21ClN4O2S/c1-22(2)12-3-5-13(6-4-12)24-11-15-14(9-10-23(15)19(24)26)21-18(25)16-7-8-17(20)27-16/h3-8,14-15H,9-11H2,1-2H3,(H,21,25)/t14-,15-/m1/s1. The highest BCUT2D eigenvalue weighted by Gasteiger charge is 2.46. The summed E-state index contributed by atoms with van der Waals surface area (Å²) in [4.78, 5) is 31.6. The summed E-state index contributed by atoms with van der Waals surface area (Å²) in [6, 6.07) is 11.4. The first-order chi connectivity index (χ1) is 12.9. The molecule has 4 rings (SSSR count). The van der Waals surface area contributed by atoms with Gasteiger partial charge in [-0.1, -0.05) is 11.6 Å². The molecule has 2 aliphatic rings. The van der Waals surface area contributed by atoms with Gasteiger partial charge in [0.2, 0.25) is 0 Å². The van der Waals surface area contributed by atoms with Crippen molar-refractivity contribution in [2.45, 2.75) is 18.5 Å². The van der Waals surface area contributed by atoms with Gasteiger partial charge in [0, 0.05) is 32.0 Å². The second kappa shape index (κ2) is 7.05. The van der Waals surface area contributed by atoms with Crippen LogP contribution in [0.25, 0.3) is 0 Å². The van der Waals surface area contributed by atoms with Gasteiger partial charge < -0.3 is 15.1 Å². The summed E-state index contributed by atoms with van der Waals surface area (Å²) >= 11 is 7.19. The van der Waals surface area contributed by atoms with Crippen LogP contribution in [0.2, 0.25) is 4.34 Å². The van der Waals surface area contributed by atoms with Crippen LogP contribution in [0.15, 0.2) is 36.4 Å². The normalized spacial score (nSPS) is 21.5. The van der Waals surface area contributed by atoms with Crippen LogP contribution >= 0.6 is 22.9 Å². The third kappa shape index (κ3) is 3.37. The number of nitrogens with one attached hydrogen (secondary N) is 1. The zero-order chi connectivity index (χ0) is 19.1. The maximum atomic E-state index is 12.8. The van der Waals surface area contributed by atoms with Crippen LogP contribution in [0, 0.1) is 0 Å². The number of amides is 3. The Morgan fingerprint density at radius 2 is 1.96 bits per heavy atom. The number of rotatable bonds is 4. The van der Waals surface area contributed by atoms with Gasteiger partial charge in [0.05, 0.1) is 27.8 Å². The Morgan fingerprint density at radius 3 is 2.59 bits per heavy atom. The number of benzene rings is 1. The average Bonchev–Trinajstić information content (AvgIpc) is 3.33. The highest BCUT2D eigenvalue weighted by atomic mass is 35.5. The van der Waals surface area contributed by atoms with Gasteiger partial charge in [0.15, 0.2) is 0 Å². The third-order valence-electron chi connectivity index (χ3n) is 5.18. The molecule has 27 heavy (non-hydrogen) atoms. The van der Waals surface area contributed by atoms with Crippen molar-refractivity contribution >= 4 is 46.3 Å². The molecule has 1 aromatic heterocycles. The van der Waals surface area contributed by atoms with E-state index in [0.29, 0.717) is 22.3 Å². The number of hydrogen-bond acceptors (Lipinski definition) is 4. The van der Waals surface area contributed by atoms with Gasteiger partial charge in [0.1, 0.15) is 0 Å². The summed E-state index contributed by atoms with van der Waals surface area (Å²) in [6.45, 7) is 1.24. The van der Waals surface area contributed by atoms with Crippen molar-refractivity contribution in [3.8, 4) is 0 Å². The minimum Gasteiger partial charge on any atom is -0.378 e. The van der Waals surface area contributed by atoms with Crippen molar-refractivity contribution in [3.63, 3.8) is 0 Å². The van der Waals surface area contributed by atoms with Crippen molar-refractivity contribution in [2.75, 3.05) is 37.0 Å². The number of hydrogen-bond donors (Lipinski definition) is 1. The Bertz CT molecular complexity index is 867. The van der Waals surface area contributed by atoms with E-state index in [9.17, 15) is 9.59 Å². The van der Waals surface area contributed by atoms with Crippen LogP contribution in [-0.4, -0.2) is 56.1 Å². The first kappa shape index (κ1) is 18.1. The van der Waals surface area contributed by atoms with E-state index in [1.165, 1.54) is 11.3 Å². The summed E-state index contributed by atoms with van der Waals surface area (Å²) in [5.74, 6) is -0.125. The number of nitrogens with zero attached hydrogens (tertiary/aromatic N) is 3. The van der Waals surface area contributed by atoms with Gasteiger partial charge in [-0.25, -0.2) is 4.79 Å². The van der Waals surface area contributed by atoms with Crippen LogP contribution in [0.1, 0.15) is 16.1 Å². The summed E-state index contributed by atoms with van der Waals surface area (Å²) in [5.41, 5.74) is 1.97. The predicted octanol–water partition coefficient (Wildman–Crippen LogP) is 3.28. The quantitative estimate of drug-likeness (QED) is 0.850. The van der Waals surface area contributed by atoms with E-state index in [2.05, 4.69) is 5.32 Å². The fraction of sp³-hybridized carbons (Fsp3) is 0.368. The van der Waals surface area contributed by atoms with Gasteiger partial charge >= 0.3 is 6.03 Å². The molecule has 8 heteroatoms. The van der Waals surface area contributed by atoms with Gasteiger partial charge in [-0.15, -0.1) is 11.3 Å². The van der Waals surface area contributed by atoms with Crippen molar-refractivity contribution in [2.24, 2.45) is 0 Å².